The molecule has 0 amide bonds. The quantitative estimate of drug-likeness (QED) is 0.337. The molecule has 0 aromatic carbocycles. The Hall–Kier alpha value is -1.85. The molecule has 3 unspecified atom stereocenters. The third kappa shape index (κ3) is 3.19. The van der Waals surface area contributed by atoms with Crippen LogP contribution in [0.3, 0.4) is 0 Å². The molecule has 0 aromatic heterocycles. The number of ether oxygens (including phenoxy) is 1. The summed E-state index contributed by atoms with van der Waals surface area (Å²) in [5.74, 6) is -1.98. The number of fused-ring (bicyclic) bond motifs is 7. The third-order valence-corrected chi connectivity index (χ3v) is 13.2. The number of methoxy groups -OCH3 is 1. The molecule has 0 saturated heterocycles. The molecule has 5 aliphatic rings. The summed E-state index contributed by atoms with van der Waals surface area (Å²) in [6.07, 6.45) is 10.6. The molecule has 0 heterocycles. The lowest BCUT2D eigenvalue weighted by atomic mass is 9.33. The monoisotopic (exact) mass is 514 g/mol. The Morgan fingerprint density at radius 3 is 2.22 bits per heavy atom. The van der Waals surface area contributed by atoms with E-state index in [2.05, 4.69) is 33.8 Å². The predicted octanol–water partition coefficient (Wildman–Crippen LogP) is 6.34. The smallest absolute Gasteiger partial charge is 0.314 e. The molecule has 0 radical (unpaired) electrons. The molecule has 4 fully saturated rings. The van der Waals surface area contributed by atoms with Crippen LogP contribution in [0.2, 0.25) is 0 Å². The Kier molecular flexibility index (Phi) is 6.02. The van der Waals surface area contributed by atoms with Gasteiger partial charge in [0.25, 0.3) is 0 Å². The van der Waals surface area contributed by atoms with Gasteiger partial charge in [-0.1, -0.05) is 45.8 Å². The summed E-state index contributed by atoms with van der Waals surface area (Å²) in [6, 6.07) is 0. The molecule has 37 heavy (non-hydrogen) atoms. The number of carboxylic acids is 2. The van der Waals surface area contributed by atoms with E-state index < -0.39 is 40.1 Å². The number of hydrogen-bond donors (Lipinski definition) is 2. The van der Waals surface area contributed by atoms with Crippen molar-refractivity contribution in [2.75, 3.05) is 7.11 Å². The Balaban J connectivity index is 1.63. The van der Waals surface area contributed by atoms with Crippen molar-refractivity contribution >= 4 is 17.9 Å². The summed E-state index contributed by atoms with van der Waals surface area (Å²) >= 11 is 0. The standard InChI is InChI=1S/C31H46O6/c1-18-9-12-27(2)15-16-31(26(35)36)19(21(27)17-18)7-8-22-28(3)13-10-20(24(32)37-6)30(5,25(33)34)23(28)11-14-29(22,31)4/h7,18,20-23H,8-17H2,1-6H3,(H,33,34)(H,35,36)/t18-,20-,21?,22?,23?,27+,28+,29+,30+,31+/m0/s1. The van der Waals surface area contributed by atoms with Crippen LogP contribution in [0.25, 0.3) is 0 Å². The predicted molar refractivity (Wildman–Crippen MR) is 140 cm³/mol. The van der Waals surface area contributed by atoms with Crippen molar-refractivity contribution in [3.05, 3.63) is 11.6 Å². The van der Waals surface area contributed by atoms with Gasteiger partial charge in [-0.15, -0.1) is 0 Å². The molecule has 5 aliphatic carbocycles. The highest BCUT2D eigenvalue weighted by Crippen LogP contribution is 2.76. The average molecular weight is 515 g/mol. The van der Waals surface area contributed by atoms with Crippen LogP contribution in [-0.4, -0.2) is 35.2 Å². The lowest BCUT2D eigenvalue weighted by molar-refractivity contribution is -0.217. The summed E-state index contributed by atoms with van der Waals surface area (Å²) in [4.78, 5) is 39.1. The average Bonchev–Trinajstić information content (AvgIpc) is 2.83. The van der Waals surface area contributed by atoms with Crippen molar-refractivity contribution in [3.63, 3.8) is 0 Å². The number of esters is 1. The highest BCUT2D eigenvalue weighted by molar-refractivity contribution is 5.85. The fourth-order valence-corrected chi connectivity index (χ4v) is 11.0. The Labute approximate surface area is 221 Å². The molecule has 4 saturated carbocycles. The molecule has 0 bridgehead atoms. The lowest BCUT2D eigenvalue weighted by Gasteiger charge is -2.70. The number of carbonyl (C=O) groups excluding carboxylic acids is 1. The zero-order valence-corrected chi connectivity index (χ0v) is 23.6. The number of aliphatic carboxylic acids is 2. The van der Waals surface area contributed by atoms with Crippen LogP contribution in [0.15, 0.2) is 11.6 Å². The van der Waals surface area contributed by atoms with Crippen LogP contribution < -0.4 is 0 Å². The molecule has 5 rings (SSSR count). The highest BCUT2D eigenvalue weighted by Gasteiger charge is 2.73. The summed E-state index contributed by atoms with van der Waals surface area (Å²) in [7, 11) is 1.34. The largest absolute Gasteiger partial charge is 0.481 e. The summed E-state index contributed by atoms with van der Waals surface area (Å²) in [5.41, 5.74) is -1.59. The molecule has 0 spiro atoms. The van der Waals surface area contributed by atoms with Gasteiger partial charge >= 0.3 is 17.9 Å². The molecular weight excluding hydrogens is 468 g/mol. The number of hydrogen-bond acceptors (Lipinski definition) is 4. The van der Waals surface area contributed by atoms with E-state index in [1.807, 2.05) is 0 Å². The molecule has 10 atom stereocenters. The van der Waals surface area contributed by atoms with Gasteiger partial charge in [-0.05, 0) is 105 Å². The second kappa shape index (κ2) is 8.32. The Morgan fingerprint density at radius 2 is 1.59 bits per heavy atom. The van der Waals surface area contributed by atoms with E-state index in [1.54, 1.807) is 6.92 Å². The van der Waals surface area contributed by atoms with E-state index in [0.29, 0.717) is 37.5 Å². The number of carbonyl (C=O) groups is 3. The van der Waals surface area contributed by atoms with Crippen LogP contribution in [0.1, 0.15) is 98.8 Å². The molecule has 0 aliphatic heterocycles. The van der Waals surface area contributed by atoms with Crippen LogP contribution in [0, 0.1) is 56.7 Å². The molecule has 6 heteroatoms. The third-order valence-electron chi connectivity index (χ3n) is 13.2. The van der Waals surface area contributed by atoms with Gasteiger partial charge < -0.3 is 14.9 Å². The van der Waals surface area contributed by atoms with Crippen LogP contribution in [0.4, 0.5) is 0 Å². The van der Waals surface area contributed by atoms with Gasteiger partial charge in [-0.2, -0.15) is 0 Å². The van der Waals surface area contributed by atoms with E-state index >= 15 is 0 Å². The maximum Gasteiger partial charge on any atom is 0.314 e. The SMILES string of the molecule is COC(=O)[C@@H]1CC[C@@]2(C)C(CC[C@]3(C)C2CC=C2C4C[C@@H](C)CC[C@]4(C)CC[C@]23C(=O)O)[C@]1(C)C(=O)O. The van der Waals surface area contributed by atoms with Gasteiger partial charge in [-0.3, -0.25) is 14.4 Å². The van der Waals surface area contributed by atoms with E-state index in [0.717, 1.165) is 32.1 Å². The molecule has 206 valence electrons. The zero-order chi connectivity index (χ0) is 27.2. The van der Waals surface area contributed by atoms with Gasteiger partial charge in [-0.25, -0.2) is 0 Å². The normalized spacial score (nSPS) is 50.9. The first-order valence-electron chi connectivity index (χ1n) is 14.5. The molecule has 6 nitrogen and oxygen atoms in total. The van der Waals surface area contributed by atoms with E-state index in [4.69, 9.17) is 4.74 Å². The van der Waals surface area contributed by atoms with Gasteiger partial charge in [0.15, 0.2) is 0 Å². The topological polar surface area (TPSA) is 101 Å². The van der Waals surface area contributed by atoms with Gasteiger partial charge in [0.2, 0.25) is 0 Å². The van der Waals surface area contributed by atoms with Gasteiger partial charge in [0, 0.05) is 0 Å². The van der Waals surface area contributed by atoms with E-state index in [1.165, 1.54) is 19.1 Å². The van der Waals surface area contributed by atoms with Crippen molar-refractivity contribution in [3.8, 4) is 0 Å². The Bertz CT molecular complexity index is 1050. The minimum Gasteiger partial charge on any atom is -0.481 e. The zero-order valence-electron chi connectivity index (χ0n) is 23.6. The van der Waals surface area contributed by atoms with Crippen LogP contribution in [0.5, 0.6) is 0 Å². The first-order valence-corrected chi connectivity index (χ1v) is 14.5. The fourth-order valence-electron chi connectivity index (χ4n) is 11.0. The van der Waals surface area contributed by atoms with Crippen LogP contribution in [-0.2, 0) is 19.1 Å². The lowest BCUT2D eigenvalue weighted by Crippen LogP contribution is -2.67. The first kappa shape index (κ1) is 26.7. The minimum absolute atomic E-state index is 0.0567. The summed E-state index contributed by atoms with van der Waals surface area (Å²) < 4.78 is 5.07. The maximum atomic E-state index is 13.5. The van der Waals surface area contributed by atoms with Gasteiger partial charge in [0.1, 0.15) is 0 Å². The molecular formula is C31H46O6. The van der Waals surface area contributed by atoms with Gasteiger partial charge in [0.05, 0.1) is 23.9 Å². The van der Waals surface area contributed by atoms with Crippen molar-refractivity contribution in [1.82, 2.24) is 0 Å². The number of rotatable bonds is 3. The van der Waals surface area contributed by atoms with Crippen molar-refractivity contribution in [2.45, 2.75) is 98.8 Å². The maximum absolute atomic E-state index is 13.5. The van der Waals surface area contributed by atoms with Crippen LogP contribution >= 0.6 is 0 Å². The van der Waals surface area contributed by atoms with Crippen molar-refractivity contribution < 1.29 is 29.3 Å². The van der Waals surface area contributed by atoms with E-state index in [9.17, 15) is 24.6 Å². The second-order valence-corrected chi connectivity index (χ2v) is 14.5. The number of allylic oxidation sites excluding steroid dienone is 1. The van der Waals surface area contributed by atoms with Crippen molar-refractivity contribution in [2.24, 2.45) is 56.7 Å². The fraction of sp³-hybridized carbons (Fsp3) is 0.839. The highest BCUT2D eigenvalue weighted by atomic mass is 16.5. The summed E-state index contributed by atoms with van der Waals surface area (Å²) in [5, 5.41) is 21.6. The number of carboxylic acid groups (broad SMARTS) is 2. The molecule has 0 aromatic rings. The first-order chi connectivity index (χ1) is 17.2. The van der Waals surface area contributed by atoms with E-state index in [-0.39, 0.29) is 22.7 Å². The second-order valence-electron chi connectivity index (χ2n) is 14.5. The van der Waals surface area contributed by atoms with Crippen molar-refractivity contribution in [1.29, 1.82) is 0 Å². The summed E-state index contributed by atoms with van der Waals surface area (Å²) in [6.45, 7) is 10.9. The molecule has 2 N–H and O–H groups in total. The Morgan fingerprint density at radius 1 is 0.892 bits per heavy atom. The minimum atomic E-state index is -1.23.